The van der Waals surface area contributed by atoms with Crippen LogP contribution < -0.4 is 0 Å². The van der Waals surface area contributed by atoms with E-state index in [1.807, 2.05) is 48.5 Å². The van der Waals surface area contributed by atoms with E-state index in [9.17, 15) is 0 Å². The van der Waals surface area contributed by atoms with Gasteiger partial charge in [0.1, 0.15) is 0 Å². The number of hydrogen-bond acceptors (Lipinski definition) is 4. The van der Waals surface area contributed by atoms with Gasteiger partial charge in [-0.3, -0.25) is 0 Å². The molecule has 10 rings (SSSR count). The first-order chi connectivity index (χ1) is 26.1. The molecule has 1 aliphatic rings. The molecule has 2 aromatic heterocycles. The predicted molar refractivity (Wildman–Crippen MR) is 227 cm³/mol. The van der Waals surface area contributed by atoms with Crippen LogP contribution in [-0.4, -0.2) is 23.8 Å². The molecule has 1 saturated heterocycles. The summed E-state index contributed by atoms with van der Waals surface area (Å²) in [6.07, 6.45) is 0. The second kappa shape index (κ2) is 13.2. The van der Waals surface area contributed by atoms with Crippen LogP contribution in [0, 0.1) is 10.5 Å². The van der Waals surface area contributed by atoms with Gasteiger partial charge in [-0.1, -0.05) is 103 Å². The van der Waals surface area contributed by atoms with Crippen molar-refractivity contribution in [1.82, 2.24) is 15.0 Å². The normalized spacial score (nSPS) is 13.1. The third kappa shape index (κ3) is 6.11. The Kier molecular flexibility index (Phi) is 7.94. The molecule has 254 valence electrons. The van der Waals surface area contributed by atoms with Crippen LogP contribution in [0.25, 0.3) is 89.5 Å². The number of alkyl halides is 2. The number of fused-ring (bicyclic) bond motifs is 3. The van der Waals surface area contributed by atoms with Crippen molar-refractivity contribution in [3.63, 3.8) is 0 Å². The van der Waals surface area contributed by atoms with E-state index in [1.54, 1.807) is 3.57 Å². The fourth-order valence-electron chi connectivity index (χ4n) is 7.18. The zero-order valence-corrected chi connectivity index (χ0v) is 31.3. The number of hydrogen-bond donors (Lipinski definition) is 0. The summed E-state index contributed by atoms with van der Waals surface area (Å²) in [7, 11) is 0. The van der Waals surface area contributed by atoms with Crippen molar-refractivity contribution in [1.29, 1.82) is 0 Å². The topological polar surface area (TPSA) is 51.8 Å². The minimum atomic E-state index is -0.877. The van der Waals surface area contributed by atoms with E-state index in [1.165, 1.54) is 31.1 Å². The Labute approximate surface area is 315 Å². The second-order valence-corrected chi connectivity index (χ2v) is 19.5. The molecule has 0 spiro atoms. The summed E-state index contributed by atoms with van der Waals surface area (Å²) in [5.74, 6) is 1.79. The molecule has 0 aliphatic carbocycles. The summed E-state index contributed by atoms with van der Waals surface area (Å²) in [5, 5.41) is 2.10. The van der Waals surface area contributed by atoms with Gasteiger partial charge in [0.05, 0.1) is 0 Å². The third-order valence-corrected chi connectivity index (χ3v) is 14.5. The molecule has 0 atom stereocenters. The first-order valence-electron chi connectivity index (χ1n) is 17.9. The van der Waals surface area contributed by atoms with E-state index < -0.39 is 19.8 Å². The summed E-state index contributed by atoms with van der Waals surface area (Å²) >= 11 is -0.877. The first-order valence-corrected chi connectivity index (χ1v) is 22.0. The third-order valence-electron chi connectivity index (χ3n) is 9.95. The monoisotopic (exact) mass is 795 g/mol. The van der Waals surface area contributed by atoms with Crippen molar-refractivity contribution in [3.8, 4) is 67.5 Å². The second-order valence-electron chi connectivity index (χ2n) is 13.5. The van der Waals surface area contributed by atoms with Gasteiger partial charge in [0.15, 0.2) is 0 Å². The van der Waals surface area contributed by atoms with E-state index >= 15 is 0 Å². The molecule has 53 heavy (non-hydrogen) atoms. The molecule has 1 fully saturated rings. The maximum absolute atomic E-state index is 6.71. The number of aryl methyl sites for hydroxylation is 1. The standard InChI is InChI=1S/C48H34IN3O/c1-31-28-38(30-39(29-31)49-26-27-49)34-16-20-35(21-17-34)40-24-25-42-41-14-8-9-15-43(41)53-45(42)44(40)48-51-46(36-12-6-3-7-13-36)50-47(52-48)37-22-18-33(19-23-37)32-10-4-2-5-11-32/h2-25,28-30H,26-27H2,1H3. The van der Waals surface area contributed by atoms with Gasteiger partial charge in [0.2, 0.25) is 0 Å². The number of benzene rings is 7. The van der Waals surface area contributed by atoms with E-state index in [0.29, 0.717) is 17.5 Å². The molecule has 7 aromatic carbocycles. The fraction of sp³-hybridized carbons (Fsp3) is 0.0625. The van der Waals surface area contributed by atoms with E-state index in [-0.39, 0.29) is 0 Å². The molecule has 9 aromatic rings. The van der Waals surface area contributed by atoms with Gasteiger partial charge in [0.25, 0.3) is 0 Å². The van der Waals surface area contributed by atoms with E-state index in [4.69, 9.17) is 19.4 Å². The van der Waals surface area contributed by atoms with Crippen molar-refractivity contribution in [3.05, 3.63) is 173 Å². The Balaban J connectivity index is 1.16. The predicted octanol–water partition coefficient (Wildman–Crippen LogP) is 12.8. The van der Waals surface area contributed by atoms with Crippen LogP contribution in [-0.2, 0) is 0 Å². The number of para-hydroxylation sites is 1. The summed E-state index contributed by atoms with van der Waals surface area (Å²) in [5.41, 5.74) is 12.6. The number of nitrogens with zero attached hydrogens (tertiary/aromatic N) is 3. The van der Waals surface area contributed by atoms with Gasteiger partial charge in [-0.15, -0.1) is 0 Å². The van der Waals surface area contributed by atoms with E-state index in [0.717, 1.165) is 55.3 Å². The molecule has 0 amide bonds. The van der Waals surface area contributed by atoms with Gasteiger partial charge in [-0.05, 0) is 17.2 Å². The minimum absolute atomic E-state index is 0.572. The van der Waals surface area contributed by atoms with E-state index in [2.05, 4.69) is 122 Å². The molecular weight excluding hydrogens is 761 g/mol. The van der Waals surface area contributed by atoms with Crippen LogP contribution in [0.2, 0.25) is 0 Å². The number of rotatable bonds is 7. The molecule has 0 unspecified atom stereocenters. The van der Waals surface area contributed by atoms with Gasteiger partial charge in [-0.25, -0.2) is 4.98 Å². The molecule has 0 saturated carbocycles. The maximum atomic E-state index is 6.71. The van der Waals surface area contributed by atoms with Crippen molar-refractivity contribution < 1.29 is 4.42 Å². The quantitative estimate of drug-likeness (QED) is 0.119. The Bertz CT molecular complexity index is 2770. The van der Waals surface area contributed by atoms with Crippen LogP contribution in [0.5, 0.6) is 0 Å². The summed E-state index contributed by atoms with van der Waals surface area (Å²) in [4.78, 5) is 15.5. The average molecular weight is 796 g/mol. The SMILES string of the molecule is Cc1cc(-c2ccc(-c3ccc4c(oc5ccccc54)c3-c3nc(-c4ccccc4)nc(-c4ccc(-c5ccccc5)cc4)n3)cc2)cc(I2CC2)c1. The molecule has 1 aliphatic heterocycles. The van der Waals surface area contributed by atoms with Crippen molar-refractivity contribution in [2.24, 2.45) is 0 Å². The fourth-order valence-corrected chi connectivity index (χ4v) is 11.7. The van der Waals surface area contributed by atoms with Crippen LogP contribution in [0.3, 0.4) is 0 Å². The van der Waals surface area contributed by atoms with Gasteiger partial charge >= 0.3 is 181 Å². The van der Waals surface area contributed by atoms with Gasteiger partial charge in [-0.2, -0.15) is 0 Å². The molecule has 0 N–H and O–H groups in total. The zero-order chi connectivity index (χ0) is 35.3. The van der Waals surface area contributed by atoms with Gasteiger partial charge < -0.3 is 0 Å². The molecule has 0 radical (unpaired) electrons. The molecule has 3 heterocycles. The van der Waals surface area contributed by atoms with Crippen LogP contribution in [0.4, 0.5) is 0 Å². The van der Waals surface area contributed by atoms with Gasteiger partial charge in [0, 0.05) is 11.1 Å². The summed E-state index contributed by atoms with van der Waals surface area (Å²) < 4.78 is 11.2. The van der Waals surface area contributed by atoms with Crippen LogP contribution in [0.1, 0.15) is 5.56 Å². The number of halogens is 1. The van der Waals surface area contributed by atoms with Crippen molar-refractivity contribution in [2.75, 3.05) is 8.86 Å². The molecular formula is C48H34IN3O. The van der Waals surface area contributed by atoms with Crippen molar-refractivity contribution >= 4 is 41.8 Å². The summed E-state index contributed by atoms with van der Waals surface area (Å²) in [6.45, 7) is 2.22. The Hall–Kier alpha value is -5.92. The Morgan fingerprint density at radius 2 is 1.00 bits per heavy atom. The van der Waals surface area contributed by atoms with Crippen molar-refractivity contribution in [2.45, 2.75) is 6.92 Å². The molecule has 4 nitrogen and oxygen atoms in total. The Morgan fingerprint density at radius 1 is 0.453 bits per heavy atom. The zero-order valence-electron chi connectivity index (χ0n) is 29.1. The van der Waals surface area contributed by atoms with Crippen LogP contribution >= 0.6 is 19.8 Å². The number of furan rings is 1. The Morgan fingerprint density at radius 3 is 1.70 bits per heavy atom. The molecule has 5 heteroatoms. The average Bonchev–Trinajstić information content (AvgIpc) is 4.01. The summed E-state index contributed by atoms with van der Waals surface area (Å²) in [6, 6.07) is 57.7. The van der Waals surface area contributed by atoms with Crippen LogP contribution in [0.15, 0.2) is 168 Å². The number of aromatic nitrogens is 3. The first kappa shape index (κ1) is 31.8. The molecule has 0 bridgehead atoms.